The average molecular weight is 420 g/mol. The zero-order valence-electron chi connectivity index (χ0n) is 16.2. The van der Waals surface area contributed by atoms with Crippen molar-refractivity contribution in [3.8, 4) is 11.1 Å². The Kier molecular flexibility index (Phi) is 5.35. The van der Waals surface area contributed by atoms with Crippen LogP contribution in [0.2, 0.25) is 0 Å². The number of aromatic amines is 1. The summed E-state index contributed by atoms with van der Waals surface area (Å²) in [6.45, 7) is 0. The van der Waals surface area contributed by atoms with Crippen molar-refractivity contribution < 1.29 is 13.2 Å². The fraction of sp³-hybridized carbons (Fsp3) is 0.0909. The van der Waals surface area contributed by atoms with Gasteiger partial charge in [-0.1, -0.05) is 48.5 Å². The van der Waals surface area contributed by atoms with Crippen LogP contribution in [0.25, 0.3) is 22.0 Å². The number of hydrogen-bond acceptors (Lipinski definition) is 4. The molecule has 4 rings (SSSR count). The molecule has 0 unspecified atom stereocenters. The van der Waals surface area contributed by atoms with Crippen molar-refractivity contribution in [3.63, 3.8) is 0 Å². The number of carbonyl (C=O) groups is 1. The van der Waals surface area contributed by atoms with Gasteiger partial charge in [-0.3, -0.25) is 9.89 Å². The molecule has 8 heteroatoms. The number of amides is 1. The molecular formula is C22H20N4O3S. The second-order valence-corrected chi connectivity index (χ2v) is 8.74. The second-order valence-electron chi connectivity index (χ2n) is 6.81. The van der Waals surface area contributed by atoms with Gasteiger partial charge < -0.3 is 5.32 Å². The quantitative estimate of drug-likeness (QED) is 0.444. The van der Waals surface area contributed by atoms with Crippen molar-refractivity contribution in [3.05, 3.63) is 84.1 Å². The number of rotatable bonds is 6. The van der Waals surface area contributed by atoms with E-state index in [-0.39, 0.29) is 11.7 Å². The van der Waals surface area contributed by atoms with E-state index in [9.17, 15) is 13.2 Å². The van der Waals surface area contributed by atoms with Gasteiger partial charge in [0.15, 0.2) is 5.69 Å². The molecule has 1 heterocycles. The number of hydrogen-bond donors (Lipinski definition) is 3. The first-order valence-corrected chi connectivity index (χ1v) is 11.0. The first kappa shape index (κ1) is 19.8. The fourth-order valence-electron chi connectivity index (χ4n) is 3.16. The summed E-state index contributed by atoms with van der Waals surface area (Å²) < 4.78 is 25.6. The van der Waals surface area contributed by atoms with Crippen molar-refractivity contribution >= 4 is 32.5 Å². The minimum absolute atomic E-state index is 0.121. The molecule has 3 N–H and O–H groups in total. The number of nitrogens with zero attached hydrogens (tertiary/aromatic N) is 1. The van der Waals surface area contributed by atoms with Gasteiger partial charge in [-0.2, -0.15) is 5.10 Å². The summed E-state index contributed by atoms with van der Waals surface area (Å²) >= 11 is 0. The van der Waals surface area contributed by atoms with Crippen molar-refractivity contribution in [2.45, 2.75) is 5.75 Å². The summed E-state index contributed by atoms with van der Waals surface area (Å²) in [5.41, 5.74) is 4.30. The number of benzene rings is 3. The first-order chi connectivity index (χ1) is 14.4. The van der Waals surface area contributed by atoms with Crippen LogP contribution in [0.3, 0.4) is 0 Å². The average Bonchev–Trinajstić information content (AvgIpc) is 3.19. The van der Waals surface area contributed by atoms with Gasteiger partial charge >= 0.3 is 0 Å². The van der Waals surface area contributed by atoms with Crippen LogP contribution < -0.4 is 10.0 Å². The molecule has 0 saturated carbocycles. The van der Waals surface area contributed by atoms with Crippen molar-refractivity contribution in [1.29, 1.82) is 0 Å². The summed E-state index contributed by atoms with van der Waals surface area (Å²) in [6, 6.07) is 22.4. The molecule has 0 saturated heterocycles. The van der Waals surface area contributed by atoms with Crippen LogP contribution >= 0.6 is 0 Å². The van der Waals surface area contributed by atoms with Gasteiger partial charge in [0.2, 0.25) is 10.0 Å². The van der Waals surface area contributed by atoms with E-state index >= 15 is 0 Å². The molecule has 0 bridgehead atoms. The predicted molar refractivity (Wildman–Crippen MR) is 118 cm³/mol. The van der Waals surface area contributed by atoms with Crippen LogP contribution in [0.1, 0.15) is 16.1 Å². The maximum atomic E-state index is 12.8. The SMILES string of the molecule is CNS(=O)(=O)Cc1ccc(NC(=O)c2n[nH]c3ccc(-c4ccccc4)cc23)cc1. The third-order valence-corrected chi connectivity index (χ3v) is 6.10. The molecule has 0 atom stereocenters. The van der Waals surface area contributed by atoms with E-state index in [1.807, 2.05) is 48.5 Å². The molecule has 1 aromatic heterocycles. The number of aromatic nitrogens is 2. The molecule has 0 aliphatic rings. The molecule has 0 aliphatic carbocycles. The van der Waals surface area contributed by atoms with Crippen molar-refractivity contribution in [2.24, 2.45) is 0 Å². The Morgan fingerprint density at radius 2 is 1.70 bits per heavy atom. The maximum Gasteiger partial charge on any atom is 0.276 e. The summed E-state index contributed by atoms with van der Waals surface area (Å²) in [5, 5.41) is 10.6. The zero-order valence-corrected chi connectivity index (χ0v) is 17.0. The number of sulfonamides is 1. The molecule has 1 amide bonds. The van der Waals surface area contributed by atoms with E-state index in [0.29, 0.717) is 16.9 Å². The number of H-pyrrole nitrogens is 1. The maximum absolute atomic E-state index is 12.8. The Labute approximate surface area is 174 Å². The Balaban J connectivity index is 1.56. The van der Waals surface area contributed by atoms with Crippen LogP contribution in [0.5, 0.6) is 0 Å². The largest absolute Gasteiger partial charge is 0.321 e. The van der Waals surface area contributed by atoms with Gasteiger partial charge in [0.25, 0.3) is 5.91 Å². The molecule has 7 nitrogen and oxygen atoms in total. The molecule has 0 radical (unpaired) electrons. The summed E-state index contributed by atoms with van der Waals surface area (Å²) in [4.78, 5) is 12.8. The van der Waals surface area contributed by atoms with Gasteiger partial charge in [-0.25, -0.2) is 13.1 Å². The number of anilines is 1. The minimum Gasteiger partial charge on any atom is -0.321 e. The fourth-order valence-corrected chi connectivity index (χ4v) is 3.94. The molecule has 0 fully saturated rings. The number of fused-ring (bicyclic) bond motifs is 1. The van der Waals surface area contributed by atoms with Crippen LogP contribution in [-0.2, 0) is 15.8 Å². The van der Waals surface area contributed by atoms with Crippen molar-refractivity contribution in [2.75, 3.05) is 12.4 Å². The lowest BCUT2D eigenvalue weighted by Gasteiger charge is -2.07. The van der Waals surface area contributed by atoms with Crippen LogP contribution in [0.4, 0.5) is 5.69 Å². The number of carbonyl (C=O) groups excluding carboxylic acids is 1. The molecule has 3 aromatic carbocycles. The van der Waals surface area contributed by atoms with E-state index in [1.165, 1.54) is 7.05 Å². The topological polar surface area (TPSA) is 104 Å². The van der Waals surface area contributed by atoms with Crippen LogP contribution in [0.15, 0.2) is 72.8 Å². The van der Waals surface area contributed by atoms with Crippen molar-refractivity contribution in [1.82, 2.24) is 14.9 Å². The van der Waals surface area contributed by atoms with E-state index in [2.05, 4.69) is 20.2 Å². The first-order valence-electron chi connectivity index (χ1n) is 9.30. The van der Waals surface area contributed by atoms with E-state index < -0.39 is 10.0 Å². The Morgan fingerprint density at radius 3 is 2.40 bits per heavy atom. The Morgan fingerprint density at radius 1 is 0.967 bits per heavy atom. The molecule has 0 spiro atoms. The van der Waals surface area contributed by atoms with Gasteiger partial charge in [0.1, 0.15) is 0 Å². The highest BCUT2D eigenvalue weighted by molar-refractivity contribution is 7.88. The standard InChI is InChI=1S/C22H20N4O3S/c1-23-30(28,29)14-15-7-10-18(11-8-15)24-22(27)21-19-13-17(9-12-20(19)25-26-21)16-5-3-2-4-6-16/h2-13,23H,14H2,1H3,(H,24,27)(H,25,26). The molecular weight excluding hydrogens is 400 g/mol. The smallest absolute Gasteiger partial charge is 0.276 e. The van der Waals surface area contributed by atoms with E-state index in [1.54, 1.807) is 24.3 Å². The third-order valence-electron chi connectivity index (χ3n) is 4.76. The summed E-state index contributed by atoms with van der Waals surface area (Å²) in [5.74, 6) is -0.466. The van der Waals surface area contributed by atoms with Crippen LogP contribution in [0, 0.1) is 0 Å². The van der Waals surface area contributed by atoms with Gasteiger partial charge in [-0.15, -0.1) is 0 Å². The van der Waals surface area contributed by atoms with Crippen LogP contribution in [-0.4, -0.2) is 31.6 Å². The molecule has 30 heavy (non-hydrogen) atoms. The summed E-state index contributed by atoms with van der Waals surface area (Å²) in [6.07, 6.45) is 0. The van der Waals surface area contributed by atoms with Gasteiger partial charge in [-0.05, 0) is 48.0 Å². The molecule has 152 valence electrons. The lowest BCUT2D eigenvalue weighted by atomic mass is 10.0. The Bertz CT molecular complexity index is 1300. The minimum atomic E-state index is -3.35. The lowest BCUT2D eigenvalue weighted by Crippen LogP contribution is -2.20. The lowest BCUT2D eigenvalue weighted by molar-refractivity contribution is 0.102. The number of nitrogens with one attached hydrogen (secondary N) is 3. The summed E-state index contributed by atoms with van der Waals surface area (Å²) in [7, 11) is -1.97. The highest BCUT2D eigenvalue weighted by atomic mass is 32.2. The molecule has 4 aromatic rings. The predicted octanol–water partition coefficient (Wildman–Crippen LogP) is 3.53. The second kappa shape index (κ2) is 8.10. The van der Waals surface area contributed by atoms with E-state index in [0.717, 1.165) is 22.0 Å². The van der Waals surface area contributed by atoms with E-state index in [4.69, 9.17) is 0 Å². The van der Waals surface area contributed by atoms with Gasteiger partial charge in [0.05, 0.1) is 11.3 Å². The third kappa shape index (κ3) is 4.24. The zero-order chi connectivity index (χ0) is 21.1. The molecule has 0 aliphatic heterocycles. The highest BCUT2D eigenvalue weighted by Gasteiger charge is 2.16. The Hall–Kier alpha value is -3.49. The van der Waals surface area contributed by atoms with Gasteiger partial charge in [0, 0.05) is 11.1 Å². The monoisotopic (exact) mass is 420 g/mol. The highest BCUT2D eigenvalue weighted by Crippen LogP contribution is 2.25. The normalized spacial score (nSPS) is 11.5.